The molecule has 10 rings (SSSR count). The van der Waals surface area contributed by atoms with Crippen molar-refractivity contribution in [3.8, 4) is 0 Å². The number of nitrogens with one attached hydrogen (secondary N) is 5. The van der Waals surface area contributed by atoms with Gasteiger partial charge in [-0.1, -0.05) is 28.5 Å². The molecule has 6 bridgehead atoms. The Bertz CT molecular complexity index is 3410. The molecule has 50 nitrogen and oxygen atoms in total. The van der Waals surface area contributed by atoms with Crippen molar-refractivity contribution in [1.82, 2.24) is 71.6 Å². The number of aromatic nitrogens is 9. The average Bonchev–Trinajstić information content (AvgIpc) is 1.60. The number of amides is 5. The average molecular weight is 1870 g/mol. The van der Waals surface area contributed by atoms with E-state index in [9.17, 15) is 54.6 Å². The number of fused-ring (bicyclic) bond motifs is 6. The normalized spacial score (nSPS) is 27.3. The van der Waals surface area contributed by atoms with Crippen LogP contribution in [0.25, 0.3) is 0 Å². The third-order valence-electron chi connectivity index (χ3n) is 21.6. The van der Waals surface area contributed by atoms with Crippen LogP contribution in [0.4, 0.5) is 0 Å². The van der Waals surface area contributed by atoms with E-state index >= 15 is 0 Å². The van der Waals surface area contributed by atoms with Gasteiger partial charge < -0.3 is 177 Å². The Labute approximate surface area is 752 Å². The number of ether oxygens (including phenoxy) is 24. The van der Waals surface area contributed by atoms with Gasteiger partial charge in [0, 0.05) is 40.2 Å². The maximum Gasteiger partial charge on any atom is 0.271 e. The maximum absolute atomic E-state index is 14.3. The molecule has 50 heteroatoms. The van der Waals surface area contributed by atoms with Gasteiger partial charge in [-0.2, -0.15) is 0 Å². The number of hydrogen-bond donors (Lipinski definition) is 12. The molecule has 7 fully saturated rings. The van der Waals surface area contributed by atoms with E-state index in [0.29, 0.717) is 174 Å². The van der Waals surface area contributed by atoms with Crippen LogP contribution in [0.3, 0.4) is 0 Å². The van der Waals surface area contributed by atoms with Crippen LogP contribution in [0.5, 0.6) is 0 Å². The van der Waals surface area contributed by atoms with Crippen LogP contribution in [0.15, 0.2) is 18.6 Å². The van der Waals surface area contributed by atoms with Crippen molar-refractivity contribution in [2.45, 2.75) is 220 Å². The lowest BCUT2D eigenvalue weighted by molar-refractivity contribution is -0.313. The lowest BCUT2D eigenvalue weighted by atomic mass is 9.88. The van der Waals surface area contributed by atoms with Crippen LogP contribution in [0, 0.1) is 0 Å². The maximum atomic E-state index is 14.3. The lowest BCUT2D eigenvalue weighted by Gasteiger charge is -2.42. The highest BCUT2D eigenvalue weighted by molar-refractivity contribution is 5.77. The van der Waals surface area contributed by atoms with Crippen molar-refractivity contribution < 1.29 is 168 Å². The van der Waals surface area contributed by atoms with E-state index < -0.39 is 120 Å². The first-order valence-corrected chi connectivity index (χ1v) is 44.3. The Morgan fingerprint density at radius 2 is 0.723 bits per heavy atom. The number of carbonyl (C=O) groups excluding carboxylic acids is 5. The van der Waals surface area contributed by atoms with Crippen molar-refractivity contribution in [3.05, 3.63) is 35.7 Å². The molecule has 7 saturated heterocycles. The van der Waals surface area contributed by atoms with E-state index in [1.165, 1.54) is 20.8 Å². The topological polar surface area (TPSA) is 607 Å². The number of nitrogens with two attached hydrogens (primary N) is 1. The second-order valence-corrected chi connectivity index (χ2v) is 32.5. The van der Waals surface area contributed by atoms with E-state index in [-0.39, 0.29) is 163 Å². The van der Waals surface area contributed by atoms with Crippen LogP contribution >= 0.6 is 0 Å². The van der Waals surface area contributed by atoms with Gasteiger partial charge in [0.05, 0.1) is 282 Å². The number of nitrogens with zero attached hydrogens (tertiary/aromatic N) is 9. The fourth-order valence-corrected chi connectivity index (χ4v) is 14.8. The van der Waals surface area contributed by atoms with Gasteiger partial charge in [0.25, 0.3) is 6.48 Å². The number of unbranched alkanes of at least 4 members (excludes halogenated alkanes) is 4. The molecule has 0 aromatic carbocycles. The van der Waals surface area contributed by atoms with Gasteiger partial charge in [-0.3, -0.25) is 24.0 Å². The molecule has 7 aliphatic heterocycles. The smallest absolute Gasteiger partial charge is 0.271 e. The van der Waals surface area contributed by atoms with Gasteiger partial charge in [0.15, 0.2) is 18.9 Å². The number of aliphatic hydroxyl groups excluding tert-OH is 6. The fourth-order valence-electron chi connectivity index (χ4n) is 14.8. The molecule has 13 N–H and O–H groups in total. The van der Waals surface area contributed by atoms with Crippen molar-refractivity contribution in [2.24, 2.45) is 5.73 Å². The minimum atomic E-state index is -1.35. The Morgan fingerprint density at radius 1 is 0.408 bits per heavy atom. The molecule has 15 atom stereocenters. The number of hydrogen-bond acceptors (Lipinski definition) is 42. The summed E-state index contributed by atoms with van der Waals surface area (Å²) >= 11 is 0. The van der Waals surface area contributed by atoms with Gasteiger partial charge in [-0.15, -0.1) is 15.3 Å². The molecule has 7 aliphatic rings. The van der Waals surface area contributed by atoms with Crippen LogP contribution < -0.4 is 32.3 Å². The van der Waals surface area contributed by atoms with E-state index in [1.807, 2.05) is 0 Å². The molecule has 0 spiro atoms. The summed E-state index contributed by atoms with van der Waals surface area (Å²) in [6, 6.07) is -2.92. The molecule has 0 unspecified atom stereocenters. The van der Waals surface area contributed by atoms with E-state index in [4.69, 9.17) is 119 Å². The number of aliphatic hydroxyl groups is 6. The molecule has 0 radical (unpaired) electrons. The predicted molar refractivity (Wildman–Crippen MR) is 439 cm³/mol. The molecule has 3 aromatic heterocycles. The molecule has 5 amide bonds. The van der Waals surface area contributed by atoms with Gasteiger partial charge in [-0.05, 0) is 25.7 Å². The monoisotopic (exact) mass is 1870 g/mol. The van der Waals surface area contributed by atoms with E-state index in [0.717, 1.165) is 12.8 Å². The molecule has 130 heavy (non-hydrogen) atoms. The first kappa shape index (κ1) is 106. The Kier molecular flexibility index (Phi) is 46.1. The van der Waals surface area contributed by atoms with Crippen molar-refractivity contribution >= 4 is 29.5 Å². The van der Waals surface area contributed by atoms with Gasteiger partial charge in [-0.25, -0.2) is 14.0 Å². The third kappa shape index (κ3) is 35.0. The summed E-state index contributed by atoms with van der Waals surface area (Å²) in [5.74, 6) is -1.55. The summed E-state index contributed by atoms with van der Waals surface area (Å²) in [7, 11) is 0. The van der Waals surface area contributed by atoms with Crippen LogP contribution in [-0.2, 0) is 177 Å². The summed E-state index contributed by atoms with van der Waals surface area (Å²) in [4.78, 5) is 61.8. The molecule has 0 aliphatic carbocycles. The highest BCUT2D eigenvalue weighted by Crippen LogP contribution is 2.40. The Balaban J connectivity index is 0.651. The molecule has 10 heterocycles. The third-order valence-corrected chi connectivity index (χ3v) is 21.6. The highest BCUT2D eigenvalue weighted by Gasteiger charge is 2.62. The SMILES string of the molecule is CC(=O)N[C@H]1[C@@H]2OC[C@](COCCOCCOCCOCCn3cc(COCC(COCc4cn(CCOCCOCCOCCOC[C@@]56CO[C@H](O5)[C@H](NC(C)=O)[C@@H](O)[C@H]6O)nn4)(COCc4cn(CCOCCOCCOCCOC[C@@]56CO[C@@H](O5)[C@H](NC(C)=O)[C@@H](O)[C@H]6O)nn4)NC(=O)CCCCCNC(=O)CCCCCOC4OCC(N)CO4)nn3)(O2)[C@H](O)[C@@H]1O. The zero-order valence-corrected chi connectivity index (χ0v) is 74.4. The minimum Gasteiger partial charge on any atom is -0.388 e. The van der Waals surface area contributed by atoms with Crippen LogP contribution in [0.2, 0.25) is 0 Å². The molecular weight excluding hydrogens is 1730 g/mol. The predicted octanol–water partition coefficient (Wildman–Crippen LogP) is -6.57. The van der Waals surface area contributed by atoms with Crippen molar-refractivity contribution in [1.29, 1.82) is 0 Å². The minimum absolute atomic E-state index is 0.0190. The van der Waals surface area contributed by atoms with E-state index in [1.54, 1.807) is 32.6 Å². The molecule has 3 aromatic rings. The van der Waals surface area contributed by atoms with E-state index in [2.05, 4.69) is 57.5 Å². The Hall–Kier alpha value is -6.47. The van der Waals surface area contributed by atoms with Gasteiger partial charge in [0.1, 0.15) is 94.2 Å². The second-order valence-electron chi connectivity index (χ2n) is 32.5. The summed E-state index contributed by atoms with van der Waals surface area (Å²) in [5, 5.41) is 104. The summed E-state index contributed by atoms with van der Waals surface area (Å²) < 4.78 is 143. The number of carbonyl (C=O) groups is 5. The van der Waals surface area contributed by atoms with Crippen LogP contribution in [0.1, 0.15) is 89.2 Å². The lowest BCUT2D eigenvalue weighted by Crippen LogP contribution is -2.66. The first-order chi connectivity index (χ1) is 63.0. The second kappa shape index (κ2) is 56.8. The van der Waals surface area contributed by atoms with Crippen LogP contribution in [-0.4, -0.2) is 438 Å². The standard InChI is InChI=1S/C80H135N15O35/c1-55(96)83-64-67(101)70(104)78(52-125-73(64)128-78)49-116-35-32-113-29-26-110-23-20-107-17-13-93-38-59(87-90-93)43-119-46-77(86-63(100)11-6-4-8-12-82-62(99)10-7-5-9-16-122-76-123-41-58(81)42-124-76,47-120-44-60-39-94(91-88-60)14-18-108-21-24-111-27-30-114-33-36-117-50-79-53-126-74(129-79)65(84-56(2)97)68(102)71(79)105)48-121-45-61-40-95(92-89-61)15-19-109-22-25-112-28-31-115-34-37-118-51-80-54-127-75(130-80)66(85-57(3)98)69(103)72(80)106/h38-40,58,64-76,101-106H,4-37,41-54,81H2,1-3H3,(H,82,99)(H,83,96)(H,84,97)(H,85,98)(H,86,100)/t58?,64-,65-,66-,67-,68-,69-,70-,71-,72-,73-,74-,75+,76?,78+,79+,80+/m1/s1. The molecule has 0 saturated carbocycles. The zero-order valence-electron chi connectivity index (χ0n) is 74.4. The summed E-state index contributed by atoms with van der Waals surface area (Å²) in [5.41, 5.74) is 2.10. The number of rotatable bonds is 71. The summed E-state index contributed by atoms with van der Waals surface area (Å²) in [6.07, 6.45) is -1.08. The zero-order chi connectivity index (χ0) is 92.2. The first-order valence-electron chi connectivity index (χ1n) is 44.3. The quantitative estimate of drug-likeness (QED) is 0.0234. The molecular formula is C80H135N15O35. The Morgan fingerprint density at radius 3 is 1.06 bits per heavy atom. The van der Waals surface area contributed by atoms with Gasteiger partial charge in [0.2, 0.25) is 29.5 Å². The van der Waals surface area contributed by atoms with Crippen molar-refractivity contribution in [2.75, 3.05) is 225 Å². The molecule has 740 valence electrons. The fraction of sp³-hybridized carbons (Fsp3) is 0.863. The van der Waals surface area contributed by atoms with Crippen molar-refractivity contribution in [3.63, 3.8) is 0 Å². The van der Waals surface area contributed by atoms with Gasteiger partial charge >= 0.3 is 0 Å². The highest BCUT2D eigenvalue weighted by atomic mass is 16.9. The summed E-state index contributed by atoms with van der Waals surface area (Å²) in [6.45, 7) is 10.8. The largest absolute Gasteiger partial charge is 0.388 e.